The summed E-state index contributed by atoms with van der Waals surface area (Å²) in [6.07, 6.45) is 2.79. The van der Waals surface area contributed by atoms with Gasteiger partial charge in [-0.2, -0.15) is 5.10 Å². The van der Waals surface area contributed by atoms with Gasteiger partial charge >= 0.3 is 0 Å². The van der Waals surface area contributed by atoms with Crippen LogP contribution < -0.4 is 4.31 Å². The summed E-state index contributed by atoms with van der Waals surface area (Å²) in [6.45, 7) is 6.56. The lowest BCUT2D eigenvalue weighted by Gasteiger charge is -2.21. The van der Waals surface area contributed by atoms with E-state index in [0.717, 1.165) is 24.1 Å². The first-order valence-corrected chi connectivity index (χ1v) is 11.2. The third-order valence-electron chi connectivity index (χ3n) is 5.64. The van der Waals surface area contributed by atoms with E-state index in [1.165, 1.54) is 8.99 Å². The third-order valence-corrected chi connectivity index (χ3v) is 7.71. The Hall–Kier alpha value is -2.35. The van der Waals surface area contributed by atoms with Gasteiger partial charge in [-0.05, 0) is 51.7 Å². The zero-order valence-corrected chi connectivity index (χ0v) is 17.4. The normalized spacial score (nSPS) is 16.3. The molecule has 1 amide bonds. The molecule has 28 heavy (non-hydrogen) atoms. The molecule has 8 heteroatoms. The second kappa shape index (κ2) is 6.92. The summed E-state index contributed by atoms with van der Waals surface area (Å²) in [5.74, 6) is -0.00827. The van der Waals surface area contributed by atoms with Crippen LogP contribution >= 0.6 is 0 Å². The van der Waals surface area contributed by atoms with Crippen LogP contribution in [0.25, 0.3) is 0 Å². The minimum absolute atomic E-state index is 0.00827. The molecule has 1 saturated carbocycles. The van der Waals surface area contributed by atoms with Crippen LogP contribution in [0, 0.1) is 13.8 Å². The molecule has 1 fully saturated rings. The quantitative estimate of drug-likeness (QED) is 0.743. The van der Waals surface area contributed by atoms with Gasteiger partial charge in [0.15, 0.2) is 0 Å². The molecule has 2 heterocycles. The lowest BCUT2D eigenvalue weighted by atomic mass is 10.2. The van der Waals surface area contributed by atoms with Crippen molar-refractivity contribution in [1.29, 1.82) is 0 Å². The second-order valence-electron chi connectivity index (χ2n) is 7.52. The molecule has 0 N–H and O–H groups in total. The van der Waals surface area contributed by atoms with E-state index in [-0.39, 0.29) is 17.3 Å². The van der Waals surface area contributed by atoms with E-state index < -0.39 is 10.0 Å². The number of anilines is 1. The Kier molecular flexibility index (Phi) is 4.69. The largest absolute Gasteiger partial charge is 0.338 e. The SMILES string of the molecule is CCN(C(=O)Cn1nc(C)c(S(=O)(=O)N2CCc3ccccc32)c1C)C1CC1. The van der Waals surface area contributed by atoms with Gasteiger partial charge in [-0.3, -0.25) is 13.8 Å². The van der Waals surface area contributed by atoms with Crippen LogP contribution in [0.1, 0.15) is 36.7 Å². The van der Waals surface area contributed by atoms with E-state index in [1.807, 2.05) is 36.1 Å². The molecule has 0 atom stereocenters. The van der Waals surface area contributed by atoms with Gasteiger partial charge < -0.3 is 4.90 Å². The van der Waals surface area contributed by atoms with Gasteiger partial charge in [0, 0.05) is 19.1 Å². The first-order chi connectivity index (χ1) is 13.3. The number of aromatic nitrogens is 2. The van der Waals surface area contributed by atoms with Crippen LogP contribution in [0.3, 0.4) is 0 Å². The molecule has 1 aromatic heterocycles. The maximum absolute atomic E-state index is 13.4. The summed E-state index contributed by atoms with van der Waals surface area (Å²) >= 11 is 0. The number of fused-ring (bicyclic) bond motifs is 1. The van der Waals surface area contributed by atoms with Crippen LogP contribution in [0.5, 0.6) is 0 Å². The molecular weight excluding hydrogens is 376 g/mol. The standard InChI is InChI=1S/C20H26N4O3S/c1-4-22(17-9-10-17)19(25)13-23-15(3)20(14(2)21-23)28(26,27)24-12-11-16-7-5-6-8-18(16)24/h5-8,17H,4,9-13H2,1-3H3. The summed E-state index contributed by atoms with van der Waals surface area (Å²) < 4.78 is 29.9. The molecule has 1 aliphatic heterocycles. The Morgan fingerprint density at radius 1 is 1.25 bits per heavy atom. The molecule has 1 aliphatic carbocycles. The highest BCUT2D eigenvalue weighted by molar-refractivity contribution is 7.93. The summed E-state index contributed by atoms with van der Waals surface area (Å²) in [5.41, 5.74) is 2.72. The van der Waals surface area contributed by atoms with Crippen LogP contribution in [0.4, 0.5) is 5.69 Å². The number of para-hydroxylation sites is 1. The average Bonchev–Trinajstić information content (AvgIpc) is 3.30. The number of carbonyl (C=O) groups excluding carboxylic acids is 1. The Labute approximate surface area is 166 Å². The number of likely N-dealkylation sites (N-methyl/N-ethyl adjacent to an activating group) is 1. The Balaban J connectivity index is 1.65. The van der Waals surface area contributed by atoms with Gasteiger partial charge in [-0.25, -0.2) is 8.42 Å². The average molecular weight is 403 g/mol. The van der Waals surface area contributed by atoms with Crippen molar-refractivity contribution in [1.82, 2.24) is 14.7 Å². The fourth-order valence-electron chi connectivity index (χ4n) is 4.12. The highest BCUT2D eigenvalue weighted by Crippen LogP contribution is 2.34. The number of nitrogens with zero attached hydrogens (tertiary/aromatic N) is 4. The fourth-order valence-corrected chi connectivity index (χ4v) is 6.00. The molecule has 0 saturated heterocycles. The number of hydrogen-bond donors (Lipinski definition) is 0. The number of sulfonamides is 1. The minimum Gasteiger partial charge on any atom is -0.338 e. The highest BCUT2D eigenvalue weighted by Gasteiger charge is 2.36. The first kappa shape index (κ1) is 19.0. The van der Waals surface area contributed by atoms with Gasteiger partial charge in [0.1, 0.15) is 11.4 Å². The van der Waals surface area contributed by atoms with Crippen molar-refractivity contribution in [2.45, 2.75) is 57.5 Å². The maximum Gasteiger partial charge on any atom is 0.268 e. The van der Waals surface area contributed by atoms with Crippen molar-refractivity contribution in [3.05, 3.63) is 41.2 Å². The van der Waals surface area contributed by atoms with Gasteiger partial charge in [-0.1, -0.05) is 18.2 Å². The van der Waals surface area contributed by atoms with Crippen LogP contribution in [0.15, 0.2) is 29.2 Å². The van der Waals surface area contributed by atoms with Crippen LogP contribution in [0.2, 0.25) is 0 Å². The summed E-state index contributed by atoms with van der Waals surface area (Å²) in [7, 11) is -3.73. The van der Waals surface area contributed by atoms with Crippen LogP contribution in [-0.2, 0) is 27.8 Å². The smallest absolute Gasteiger partial charge is 0.268 e. The minimum atomic E-state index is -3.73. The van der Waals surface area contributed by atoms with Gasteiger partial charge in [0.2, 0.25) is 5.91 Å². The zero-order chi connectivity index (χ0) is 20.1. The molecule has 4 rings (SSSR count). The Morgan fingerprint density at radius 2 is 1.96 bits per heavy atom. The highest BCUT2D eigenvalue weighted by atomic mass is 32.2. The van der Waals surface area contributed by atoms with E-state index >= 15 is 0 Å². The summed E-state index contributed by atoms with van der Waals surface area (Å²) in [5, 5.41) is 4.40. The number of hydrogen-bond acceptors (Lipinski definition) is 4. The third kappa shape index (κ3) is 3.09. The van der Waals surface area contributed by atoms with Crippen molar-refractivity contribution >= 4 is 21.6 Å². The van der Waals surface area contributed by atoms with E-state index in [1.54, 1.807) is 13.8 Å². The predicted octanol–water partition coefficient (Wildman–Crippen LogP) is 2.26. The summed E-state index contributed by atoms with van der Waals surface area (Å²) in [4.78, 5) is 14.7. The molecule has 0 unspecified atom stereocenters. The van der Waals surface area contributed by atoms with Gasteiger partial charge in [0.25, 0.3) is 10.0 Å². The molecule has 0 spiro atoms. The predicted molar refractivity (Wildman–Crippen MR) is 107 cm³/mol. The van der Waals surface area contributed by atoms with Gasteiger partial charge in [0.05, 0.1) is 17.1 Å². The maximum atomic E-state index is 13.4. The molecule has 7 nitrogen and oxygen atoms in total. The molecule has 2 aliphatic rings. The van der Waals surface area contributed by atoms with Crippen molar-refractivity contribution in [2.24, 2.45) is 0 Å². The number of amides is 1. The number of rotatable bonds is 6. The monoisotopic (exact) mass is 402 g/mol. The van der Waals surface area contributed by atoms with E-state index in [0.29, 0.717) is 36.9 Å². The molecular formula is C20H26N4O3S. The number of aryl methyl sites for hydroxylation is 1. The number of benzene rings is 1. The molecule has 1 aromatic carbocycles. The molecule has 0 radical (unpaired) electrons. The molecule has 150 valence electrons. The van der Waals surface area contributed by atoms with Crippen molar-refractivity contribution in [3.63, 3.8) is 0 Å². The van der Waals surface area contributed by atoms with E-state index in [9.17, 15) is 13.2 Å². The Morgan fingerprint density at radius 3 is 2.64 bits per heavy atom. The number of carbonyl (C=O) groups is 1. The molecule has 2 aromatic rings. The fraction of sp³-hybridized carbons (Fsp3) is 0.500. The van der Waals surface area contributed by atoms with Crippen molar-refractivity contribution in [3.8, 4) is 0 Å². The Bertz CT molecular complexity index is 1020. The van der Waals surface area contributed by atoms with Crippen molar-refractivity contribution in [2.75, 3.05) is 17.4 Å². The van der Waals surface area contributed by atoms with E-state index in [2.05, 4.69) is 5.10 Å². The summed E-state index contributed by atoms with van der Waals surface area (Å²) in [6, 6.07) is 7.91. The van der Waals surface area contributed by atoms with E-state index in [4.69, 9.17) is 0 Å². The van der Waals surface area contributed by atoms with Gasteiger partial charge in [-0.15, -0.1) is 0 Å². The molecule has 0 bridgehead atoms. The topological polar surface area (TPSA) is 75.5 Å². The second-order valence-corrected chi connectivity index (χ2v) is 9.32. The lowest BCUT2D eigenvalue weighted by molar-refractivity contribution is -0.132. The van der Waals surface area contributed by atoms with Crippen molar-refractivity contribution < 1.29 is 13.2 Å². The lowest BCUT2D eigenvalue weighted by Crippen LogP contribution is -2.36. The zero-order valence-electron chi connectivity index (χ0n) is 16.6. The first-order valence-electron chi connectivity index (χ1n) is 9.78. The van der Waals surface area contributed by atoms with Crippen LogP contribution in [-0.4, -0.2) is 48.1 Å².